The molecule has 1 rings (SSSR count). The summed E-state index contributed by atoms with van der Waals surface area (Å²) in [6, 6.07) is 0. The van der Waals surface area contributed by atoms with Crippen molar-refractivity contribution >= 4 is 0 Å². The number of hydrogen-bond donors (Lipinski definition) is 4. The first kappa shape index (κ1) is 9.88. The van der Waals surface area contributed by atoms with Gasteiger partial charge in [-0.3, -0.25) is 0 Å². The monoisotopic (exact) mass is 178 g/mol. The number of ether oxygens (including phenoxy) is 1. The molecule has 0 aliphatic carbocycles. The molecule has 0 bridgehead atoms. The molecule has 0 aromatic heterocycles. The van der Waals surface area contributed by atoms with E-state index in [0.717, 1.165) is 0 Å². The Hall–Kier alpha value is -0.200. The Bertz CT molecular complexity index is 146. The molecule has 72 valence electrons. The maximum Gasteiger partial charge on any atom is 0.111 e. The minimum Gasteiger partial charge on any atom is -0.394 e. The van der Waals surface area contributed by atoms with Crippen molar-refractivity contribution in [2.24, 2.45) is 0 Å². The van der Waals surface area contributed by atoms with Crippen LogP contribution in [0.25, 0.3) is 0 Å². The van der Waals surface area contributed by atoms with Crippen molar-refractivity contribution in [3.05, 3.63) is 0 Å². The molecule has 0 spiro atoms. The van der Waals surface area contributed by atoms with Gasteiger partial charge in [0.05, 0.1) is 12.7 Å². The van der Waals surface area contributed by atoms with Gasteiger partial charge in [0.2, 0.25) is 0 Å². The molecule has 5 atom stereocenters. The third-order valence-corrected chi connectivity index (χ3v) is 2.13. The molecule has 1 aliphatic heterocycles. The number of rotatable bonds is 1. The van der Waals surface area contributed by atoms with Crippen molar-refractivity contribution in [1.82, 2.24) is 0 Å². The predicted molar refractivity (Wildman–Crippen MR) is 39.4 cm³/mol. The molecule has 0 amide bonds. The minimum atomic E-state index is -1.24. The first-order chi connectivity index (χ1) is 5.57. The van der Waals surface area contributed by atoms with Crippen LogP contribution in [0.1, 0.15) is 6.92 Å². The predicted octanol–water partition coefficient (Wildman–Crippen LogP) is -2.15. The van der Waals surface area contributed by atoms with Crippen molar-refractivity contribution in [2.75, 3.05) is 6.61 Å². The highest BCUT2D eigenvalue weighted by Gasteiger charge is 2.41. The first-order valence-electron chi connectivity index (χ1n) is 3.88. The summed E-state index contributed by atoms with van der Waals surface area (Å²) in [5.41, 5.74) is 0. The molecule has 5 nitrogen and oxygen atoms in total. The molecule has 12 heavy (non-hydrogen) atoms. The molecule has 0 aromatic rings. The van der Waals surface area contributed by atoms with E-state index in [9.17, 15) is 15.3 Å². The Morgan fingerprint density at radius 2 is 1.67 bits per heavy atom. The van der Waals surface area contributed by atoms with Gasteiger partial charge in [-0.15, -0.1) is 0 Å². The Labute approximate surface area is 70.2 Å². The van der Waals surface area contributed by atoms with Crippen molar-refractivity contribution in [2.45, 2.75) is 37.4 Å². The third kappa shape index (κ3) is 1.60. The second-order valence-electron chi connectivity index (χ2n) is 3.03. The normalized spacial score (nSPS) is 49.2. The highest BCUT2D eigenvalue weighted by atomic mass is 16.5. The lowest BCUT2D eigenvalue weighted by molar-refractivity contribution is -0.224. The average molecular weight is 178 g/mol. The summed E-state index contributed by atoms with van der Waals surface area (Å²) in [7, 11) is 0. The van der Waals surface area contributed by atoms with Crippen LogP contribution < -0.4 is 0 Å². The zero-order valence-electron chi connectivity index (χ0n) is 6.79. The van der Waals surface area contributed by atoms with Gasteiger partial charge in [-0.05, 0) is 6.92 Å². The summed E-state index contributed by atoms with van der Waals surface area (Å²) in [6.45, 7) is 1.21. The van der Waals surface area contributed by atoms with Crippen molar-refractivity contribution < 1.29 is 25.2 Å². The Morgan fingerprint density at radius 1 is 1.08 bits per heavy atom. The summed E-state index contributed by atoms with van der Waals surface area (Å²) >= 11 is 0. The van der Waals surface area contributed by atoms with Crippen molar-refractivity contribution in [3.63, 3.8) is 0 Å². The van der Waals surface area contributed by atoms with Crippen LogP contribution >= 0.6 is 0 Å². The molecule has 1 saturated heterocycles. The summed E-state index contributed by atoms with van der Waals surface area (Å²) in [6.07, 6.45) is -4.94. The number of aliphatic hydroxyl groups excluding tert-OH is 4. The lowest BCUT2D eigenvalue weighted by Gasteiger charge is -2.38. The van der Waals surface area contributed by atoms with E-state index >= 15 is 0 Å². The van der Waals surface area contributed by atoms with E-state index in [1.165, 1.54) is 0 Å². The maximum absolute atomic E-state index is 9.23. The molecule has 0 radical (unpaired) electrons. The van der Waals surface area contributed by atoms with Crippen LogP contribution in [-0.4, -0.2) is 57.6 Å². The van der Waals surface area contributed by atoms with Gasteiger partial charge in [-0.2, -0.15) is 0 Å². The molecular formula is C7H14O5. The fourth-order valence-corrected chi connectivity index (χ4v) is 1.29. The topological polar surface area (TPSA) is 90.2 Å². The van der Waals surface area contributed by atoms with Gasteiger partial charge in [-0.25, -0.2) is 0 Å². The lowest BCUT2D eigenvalue weighted by Crippen LogP contribution is -2.57. The van der Waals surface area contributed by atoms with Gasteiger partial charge in [0.25, 0.3) is 0 Å². The Kier molecular flexibility index (Phi) is 3.03. The van der Waals surface area contributed by atoms with Crippen molar-refractivity contribution in [3.8, 4) is 0 Å². The molecule has 1 heterocycles. The van der Waals surface area contributed by atoms with E-state index in [1.54, 1.807) is 6.92 Å². The summed E-state index contributed by atoms with van der Waals surface area (Å²) in [4.78, 5) is 0. The highest BCUT2D eigenvalue weighted by molar-refractivity contribution is 4.89. The lowest BCUT2D eigenvalue weighted by atomic mass is 9.96. The van der Waals surface area contributed by atoms with Gasteiger partial charge < -0.3 is 25.2 Å². The zero-order chi connectivity index (χ0) is 9.30. The van der Waals surface area contributed by atoms with Gasteiger partial charge in [0.15, 0.2) is 0 Å². The third-order valence-electron chi connectivity index (χ3n) is 2.13. The van der Waals surface area contributed by atoms with Crippen LogP contribution in [-0.2, 0) is 4.74 Å². The SMILES string of the molecule is CC1OC(CO)C(O)[C@@H](O)C1O. The first-order valence-corrected chi connectivity index (χ1v) is 3.88. The number of aliphatic hydroxyl groups is 4. The second-order valence-corrected chi connectivity index (χ2v) is 3.03. The standard InChI is InChI=1S/C7H14O5/c1-3-5(9)7(11)6(10)4(2-8)12-3/h3-11H,2H2,1H3/t3?,4?,5?,6?,7-/m0/s1. The smallest absolute Gasteiger partial charge is 0.111 e. The van der Waals surface area contributed by atoms with E-state index in [4.69, 9.17) is 9.84 Å². The van der Waals surface area contributed by atoms with Crippen LogP contribution in [0.3, 0.4) is 0 Å². The van der Waals surface area contributed by atoms with Crippen molar-refractivity contribution in [1.29, 1.82) is 0 Å². The Morgan fingerprint density at radius 3 is 2.17 bits per heavy atom. The molecule has 4 unspecified atom stereocenters. The van der Waals surface area contributed by atoms with E-state index in [2.05, 4.69) is 0 Å². The minimum absolute atomic E-state index is 0.366. The van der Waals surface area contributed by atoms with Gasteiger partial charge in [0, 0.05) is 0 Å². The molecule has 1 aliphatic rings. The summed E-state index contributed by atoms with van der Waals surface area (Å²) < 4.78 is 5.02. The maximum atomic E-state index is 9.23. The highest BCUT2D eigenvalue weighted by Crippen LogP contribution is 2.20. The number of hydrogen-bond acceptors (Lipinski definition) is 5. The quantitative estimate of drug-likeness (QED) is 0.367. The average Bonchev–Trinajstić information content (AvgIpc) is 2.08. The Balaban J connectivity index is 2.63. The van der Waals surface area contributed by atoms with E-state index in [1.807, 2.05) is 0 Å². The van der Waals surface area contributed by atoms with E-state index in [-0.39, 0.29) is 6.61 Å². The molecule has 1 fully saturated rings. The van der Waals surface area contributed by atoms with Gasteiger partial charge >= 0.3 is 0 Å². The summed E-state index contributed by atoms with van der Waals surface area (Å²) in [5, 5.41) is 36.4. The fourth-order valence-electron chi connectivity index (χ4n) is 1.29. The fraction of sp³-hybridized carbons (Fsp3) is 1.00. The molecular weight excluding hydrogens is 164 g/mol. The summed E-state index contributed by atoms with van der Waals surface area (Å²) in [5.74, 6) is 0. The van der Waals surface area contributed by atoms with Crippen LogP contribution in [0.2, 0.25) is 0 Å². The van der Waals surface area contributed by atoms with E-state index < -0.39 is 30.5 Å². The molecule has 5 heteroatoms. The van der Waals surface area contributed by atoms with Gasteiger partial charge in [-0.1, -0.05) is 0 Å². The molecule has 4 N–H and O–H groups in total. The van der Waals surface area contributed by atoms with Crippen LogP contribution in [0.5, 0.6) is 0 Å². The largest absolute Gasteiger partial charge is 0.394 e. The second kappa shape index (κ2) is 3.68. The van der Waals surface area contributed by atoms with Crippen LogP contribution in [0.15, 0.2) is 0 Å². The van der Waals surface area contributed by atoms with Gasteiger partial charge in [0.1, 0.15) is 24.4 Å². The van der Waals surface area contributed by atoms with Crippen LogP contribution in [0.4, 0.5) is 0 Å². The molecule has 0 saturated carbocycles. The van der Waals surface area contributed by atoms with Crippen LogP contribution in [0, 0.1) is 0 Å². The molecule has 0 aromatic carbocycles. The van der Waals surface area contributed by atoms with E-state index in [0.29, 0.717) is 0 Å². The zero-order valence-corrected chi connectivity index (χ0v) is 6.79.